The van der Waals surface area contributed by atoms with Crippen LogP contribution in [0.5, 0.6) is 0 Å². The normalized spacial score (nSPS) is 15.6. The van der Waals surface area contributed by atoms with Gasteiger partial charge in [0, 0.05) is 6.04 Å². The van der Waals surface area contributed by atoms with E-state index in [4.69, 9.17) is 5.73 Å². The summed E-state index contributed by atoms with van der Waals surface area (Å²) in [6, 6.07) is 10.8. The van der Waals surface area contributed by atoms with E-state index in [-0.39, 0.29) is 6.04 Å². The summed E-state index contributed by atoms with van der Waals surface area (Å²) in [6.07, 6.45) is 1.08. The molecule has 0 saturated carbocycles. The van der Waals surface area contributed by atoms with E-state index in [1.54, 1.807) is 0 Å². The van der Waals surface area contributed by atoms with E-state index in [1.807, 2.05) is 6.07 Å². The second-order valence-corrected chi connectivity index (χ2v) is 3.53. The quantitative estimate of drug-likeness (QED) is 0.726. The number of benzene rings is 1. The predicted octanol–water partition coefficient (Wildman–Crippen LogP) is 2.21. The fourth-order valence-corrected chi connectivity index (χ4v) is 1.17. The van der Waals surface area contributed by atoms with Gasteiger partial charge in [-0.1, -0.05) is 37.3 Å². The van der Waals surface area contributed by atoms with Gasteiger partial charge in [0.15, 0.2) is 0 Å². The number of hydrogen-bond acceptors (Lipinski definition) is 1. The lowest BCUT2D eigenvalue weighted by Gasteiger charge is -2.14. The third-order valence-corrected chi connectivity index (χ3v) is 2.30. The van der Waals surface area contributed by atoms with Crippen molar-refractivity contribution in [2.24, 2.45) is 11.7 Å². The molecule has 0 bridgehead atoms. The first-order valence-electron chi connectivity index (χ1n) is 4.49. The highest BCUT2D eigenvalue weighted by Crippen LogP contribution is 2.09. The molecule has 0 fully saturated rings. The number of nitrogens with two attached hydrogens (primary N) is 1. The minimum atomic E-state index is 0.283. The van der Waals surface area contributed by atoms with Crippen molar-refractivity contribution in [2.75, 3.05) is 0 Å². The van der Waals surface area contributed by atoms with Gasteiger partial charge in [0.25, 0.3) is 0 Å². The maximum absolute atomic E-state index is 5.78. The maximum atomic E-state index is 5.78. The largest absolute Gasteiger partial charge is 0.328 e. The Morgan fingerprint density at radius 3 is 2.25 bits per heavy atom. The van der Waals surface area contributed by atoms with Gasteiger partial charge in [-0.15, -0.1) is 0 Å². The van der Waals surface area contributed by atoms with Crippen molar-refractivity contribution >= 4 is 0 Å². The van der Waals surface area contributed by atoms with Gasteiger partial charge in [-0.2, -0.15) is 0 Å². The van der Waals surface area contributed by atoms with Crippen LogP contribution < -0.4 is 5.73 Å². The van der Waals surface area contributed by atoms with Gasteiger partial charge < -0.3 is 5.73 Å². The second kappa shape index (κ2) is 4.27. The minimum absolute atomic E-state index is 0.283. The summed E-state index contributed by atoms with van der Waals surface area (Å²) in [7, 11) is 0. The summed E-state index contributed by atoms with van der Waals surface area (Å²) >= 11 is 0. The average molecular weight is 163 g/mol. The van der Waals surface area contributed by atoms with E-state index in [2.05, 4.69) is 38.1 Å². The van der Waals surface area contributed by atoms with Crippen molar-refractivity contribution in [3.63, 3.8) is 0 Å². The lowest BCUT2D eigenvalue weighted by atomic mass is 9.96. The molecule has 1 aromatic carbocycles. The monoisotopic (exact) mass is 163 g/mol. The van der Waals surface area contributed by atoms with Crippen LogP contribution in [0.4, 0.5) is 0 Å². The van der Waals surface area contributed by atoms with Crippen LogP contribution in [0.3, 0.4) is 0 Å². The first-order chi connectivity index (χ1) is 5.70. The van der Waals surface area contributed by atoms with E-state index >= 15 is 0 Å². The van der Waals surface area contributed by atoms with Crippen LogP contribution >= 0.6 is 0 Å². The van der Waals surface area contributed by atoms with Gasteiger partial charge in [0.05, 0.1) is 0 Å². The molecule has 66 valence electrons. The summed E-state index contributed by atoms with van der Waals surface area (Å²) < 4.78 is 0. The Labute approximate surface area is 74.6 Å². The minimum Gasteiger partial charge on any atom is -0.328 e. The summed E-state index contributed by atoms with van der Waals surface area (Å²) in [6.45, 7) is 4.26. The Hall–Kier alpha value is -0.820. The van der Waals surface area contributed by atoms with Crippen LogP contribution in [0.2, 0.25) is 0 Å². The van der Waals surface area contributed by atoms with Crippen molar-refractivity contribution in [1.82, 2.24) is 0 Å². The molecule has 2 N–H and O–H groups in total. The van der Waals surface area contributed by atoms with Crippen molar-refractivity contribution in [3.8, 4) is 0 Å². The summed E-state index contributed by atoms with van der Waals surface area (Å²) in [5, 5.41) is 0. The van der Waals surface area contributed by atoms with Gasteiger partial charge in [-0.25, -0.2) is 0 Å². The van der Waals surface area contributed by atoms with Crippen LogP contribution in [-0.2, 0) is 6.42 Å². The first kappa shape index (κ1) is 9.27. The van der Waals surface area contributed by atoms with Gasteiger partial charge in [-0.05, 0) is 24.8 Å². The molecule has 2 atom stereocenters. The zero-order valence-electron chi connectivity index (χ0n) is 7.83. The molecule has 1 nitrogen and oxygen atoms in total. The molecule has 0 aliphatic heterocycles. The van der Waals surface area contributed by atoms with Gasteiger partial charge in [0.1, 0.15) is 0 Å². The van der Waals surface area contributed by atoms with E-state index in [9.17, 15) is 0 Å². The fourth-order valence-electron chi connectivity index (χ4n) is 1.17. The molecule has 0 aliphatic carbocycles. The Balaban J connectivity index is 2.53. The maximum Gasteiger partial charge on any atom is 0.00393 e. The Bertz CT molecular complexity index is 216. The summed E-state index contributed by atoms with van der Waals surface area (Å²) in [5.74, 6) is 0.562. The van der Waals surface area contributed by atoms with Crippen molar-refractivity contribution in [3.05, 3.63) is 35.9 Å². The van der Waals surface area contributed by atoms with E-state index in [0.29, 0.717) is 5.92 Å². The number of hydrogen-bond donors (Lipinski definition) is 1. The third-order valence-electron chi connectivity index (χ3n) is 2.30. The molecule has 0 aromatic heterocycles. The van der Waals surface area contributed by atoms with Gasteiger partial charge in [-0.3, -0.25) is 0 Å². The van der Waals surface area contributed by atoms with Crippen molar-refractivity contribution in [1.29, 1.82) is 0 Å². The lowest BCUT2D eigenvalue weighted by Crippen LogP contribution is -2.25. The van der Waals surface area contributed by atoms with Crippen LogP contribution in [0.25, 0.3) is 0 Å². The molecule has 1 unspecified atom stereocenters. The molecule has 12 heavy (non-hydrogen) atoms. The molecule has 0 spiro atoms. The summed E-state index contributed by atoms with van der Waals surface area (Å²) in [5.41, 5.74) is 7.16. The number of rotatable bonds is 3. The molecular weight excluding hydrogens is 146 g/mol. The smallest absolute Gasteiger partial charge is 0.00393 e. The van der Waals surface area contributed by atoms with Gasteiger partial charge in [0.2, 0.25) is 0 Å². The first-order valence-corrected chi connectivity index (χ1v) is 4.49. The molecule has 1 heteroatoms. The fraction of sp³-hybridized carbons (Fsp3) is 0.455. The lowest BCUT2D eigenvalue weighted by molar-refractivity contribution is 0.482. The van der Waals surface area contributed by atoms with E-state index in [1.165, 1.54) is 5.56 Å². The molecule has 1 aromatic rings. The van der Waals surface area contributed by atoms with Crippen molar-refractivity contribution < 1.29 is 0 Å². The standard InChI is InChI=1S/C11H17N/c1-9(10(2)12)8-11-6-4-3-5-7-11/h3-7,9-10H,8,12H2,1-2H3/t9?,10-/m0/s1. The third kappa shape index (κ3) is 2.67. The van der Waals surface area contributed by atoms with E-state index in [0.717, 1.165) is 6.42 Å². The molecule has 1 rings (SSSR count). The molecule has 0 saturated heterocycles. The van der Waals surface area contributed by atoms with E-state index < -0.39 is 0 Å². The SMILES string of the molecule is CC(Cc1ccccc1)[C@H](C)N. The highest BCUT2D eigenvalue weighted by Gasteiger charge is 2.07. The predicted molar refractivity (Wildman–Crippen MR) is 53.0 cm³/mol. The Morgan fingerprint density at radius 2 is 1.75 bits per heavy atom. The molecule has 0 amide bonds. The van der Waals surface area contributed by atoms with Crippen molar-refractivity contribution in [2.45, 2.75) is 26.3 Å². The summed E-state index contributed by atoms with van der Waals surface area (Å²) in [4.78, 5) is 0. The Morgan fingerprint density at radius 1 is 1.17 bits per heavy atom. The van der Waals surface area contributed by atoms with Crippen LogP contribution in [-0.4, -0.2) is 6.04 Å². The molecular formula is C11H17N. The highest BCUT2D eigenvalue weighted by atomic mass is 14.6. The zero-order valence-corrected chi connectivity index (χ0v) is 7.83. The molecule has 0 aliphatic rings. The van der Waals surface area contributed by atoms with Crippen LogP contribution in [0.1, 0.15) is 19.4 Å². The van der Waals surface area contributed by atoms with Crippen LogP contribution in [0.15, 0.2) is 30.3 Å². The average Bonchev–Trinajstić information content (AvgIpc) is 2.06. The van der Waals surface area contributed by atoms with Gasteiger partial charge >= 0.3 is 0 Å². The topological polar surface area (TPSA) is 26.0 Å². The zero-order chi connectivity index (χ0) is 8.97. The second-order valence-electron chi connectivity index (χ2n) is 3.53. The Kier molecular flexibility index (Phi) is 3.30. The van der Waals surface area contributed by atoms with Crippen LogP contribution in [0, 0.1) is 5.92 Å². The highest BCUT2D eigenvalue weighted by molar-refractivity contribution is 5.15. The molecule has 0 radical (unpaired) electrons. The molecule has 0 heterocycles.